The maximum Gasteiger partial charge on any atom is 0.123 e. The molecule has 1 aliphatic carbocycles. The lowest BCUT2D eigenvalue weighted by Crippen LogP contribution is -2.20. The molecule has 1 aromatic carbocycles. The number of imidazole rings is 1. The molecule has 4 heteroatoms. The predicted molar refractivity (Wildman–Crippen MR) is 72.2 cm³/mol. The Morgan fingerprint density at radius 3 is 3.05 bits per heavy atom. The topological polar surface area (TPSA) is 29.9 Å². The fourth-order valence-corrected chi connectivity index (χ4v) is 2.30. The number of nitrogens with zero attached hydrogens (tertiary/aromatic N) is 2. The normalized spacial score (nSPS) is 16.5. The van der Waals surface area contributed by atoms with Crippen LogP contribution in [0.3, 0.4) is 0 Å². The zero-order chi connectivity index (χ0) is 13.2. The zero-order valence-electron chi connectivity index (χ0n) is 11.0. The molecular formula is C15H18FN3. The number of hydrogen-bond donors (Lipinski definition) is 1. The van der Waals surface area contributed by atoms with E-state index in [2.05, 4.69) is 14.9 Å². The van der Waals surface area contributed by atoms with Crippen LogP contribution in [0.15, 0.2) is 36.8 Å². The first kappa shape index (κ1) is 12.4. The number of aromatic nitrogens is 2. The summed E-state index contributed by atoms with van der Waals surface area (Å²) in [6.07, 6.45) is 6.32. The van der Waals surface area contributed by atoms with Crippen LogP contribution in [-0.4, -0.2) is 9.55 Å². The van der Waals surface area contributed by atoms with Gasteiger partial charge in [-0.05, 0) is 37.5 Å². The summed E-state index contributed by atoms with van der Waals surface area (Å²) in [5, 5.41) is 3.42. The third-order valence-electron chi connectivity index (χ3n) is 3.62. The lowest BCUT2D eigenvalue weighted by Gasteiger charge is -2.15. The van der Waals surface area contributed by atoms with Crippen molar-refractivity contribution in [3.8, 4) is 0 Å². The Balaban J connectivity index is 1.63. The van der Waals surface area contributed by atoms with E-state index in [-0.39, 0.29) is 11.9 Å². The van der Waals surface area contributed by atoms with Gasteiger partial charge in [-0.25, -0.2) is 9.37 Å². The van der Waals surface area contributed by atoms with Crippen molar-refractivity contribution in [2.45, 2.75) is 38.4 Å². The van der Waals surface area contributed by atoms with Crippen LogP contribution in [0.4, 0.5) is 4.39 Å². The van der Waals surface area contributed by atoms with Crippen molar-refractivity contribution < 1.29 is 4.39 Å². The fourth-order valence-electron chi connectivity index (χ4n) is 2.30. The van der Waals surface area contributed by atoms with Crippen LogP contribution < -0.4 is 5.32 Å². The fraction of sp³-hybridized carbons (Fsp3) is 0.400. The highest BCUT2D eigenvalue weighted by Gasteiger charge is 2.25. The van der Waals surface area contributed by atoms with Gasteiger partial charge in [-0.2, -0.15) is 0 Å². The number of hydrogen-bond acceptors (Lipinski definition) is 2. The van der Waals surface area contributed by atoms with Gasteiger partial charge < -0.3 is 9.88 Å². The number of rotatable bonds is 5. The van der Waals surface area contributed by atoms with E-state index in [1.165, 1.54) is 24.6 Å². The Morgan fingerprint density at radius 2 is 2.32 bits per heavy atom. The van der Waals surface area contributed by atoms with Crippen LogP contribution in [0, 0.1) is 5.82 Å². The molecule has 2 aromatic rings. The smallest absolute Gasteiger partial charge is 0.123 e. The molecule has 1 fully saturated rings. The van der Waals surface area contributed by atoms with E-state index in [4.69, 9.17) is 0 Å². The molecule has 100 valence electrons. The maximum atomic E-state index is 13.2. The van der Waals surface area contributed by atoms with Crippen molar-refractivity contribution >= 4 is 0 Å². The second-order valence-electron chi connectivity index (χ2n) is 5.18. The van der Waals surface area contributed by atoms with Crippen molar-refractivity contribution in [1.82, 2.24) is 14.9 Å². The van der Waals surface area contributed by atoms with Gasteiger partial charge in [0.2, 0.25) is 0 Å². The molecule has 1 saturated carbocycles. The van der Waals surface area contributed by atoms with Gasteiger partial charge in [-0.1, -0.05) is 12.1 Å². The summed E-state index contributed by atoms with van der Waals surface area (Å²) in [7, 11) is 0. The molecule has 0 spiro atoms. The highest BCUT2D eigenvalue weighted by Crippen LogP contribution is 2.35. The van der Waals surface area contributed by atoms with Gasteiger partial charge in [-0.15, -0.1) is 0 Å². The van der Waals surface area contributed by atoms with Crippen LogP contribution in [0.1, 0.15) is 43.1 Å². The molecule has 0 amide bonds. The molecule has 0 radical (unpaired) electrons. The average Bonchev–Trinajstić information content (AvgIpc) is 3.15. The van der Waals surface area contributed by atoms with Gasteiger partial charge in [0.25, 0.3) is 0 Å². The quantitative estimate of drug-likeness (QED) is 0.893. The average molecular weight is 259 g/mol. The Bertz CT molecular complexity index is 560. The first-order valence-corrected chi connectivity index (χ1v) is 6.73. The molecule has 0 bridgehead atoms. The molecule has 1 N–H and O–H groups in total. The SMILES string of the molecule is C[C@H](NCc1cncn1C1CC1)c1cccc(F)c1. The van der Waals surface area contributed by atoms with Crippen LogP contribution in [0.25, 0.3) is 0 Å². The second-order valence-corrected chi connectivity index (χ2v) is 5.18. The van der Waals surface area contributed by atoms with Gasteiger partial charge in [0.05, 0.1) is 12.0 Å². The Morgan fingerprint density at radius 1 is 1.47 bits per heavy atom. The summed E-state index contributed by atoms with van der Waals surface area (Å²) in [6.45, 7) is 2.81. The van der Waals surface area contributed by atoms with Crippen molar-refractivity contribution in [3.63, 3.8) is 0 Å². The van der Waals surface area contributed by atoms with E-state index in [1.807, 2.05) is 25.5 Å². The Hall–Kier alpha value is -1.68. The summed E-state index contributed by atoms with van der Waals surface area (Å²) in [5.74, 6) is -0.186. The van der Waals surface area contributed by atoms with E-state index < -0.39 is 0 Å². The van der Waals surface area contributed by atoms with Crippen molar-refractivity contribution in [2.24, 2.45) is 0 Å². The Kier molecular flexibility index (Phi) is 3.34. The highest BCUT2D eigenvalue weighted by atomic mass is 19.1. The lowest BCUT2D eigenvalue weighted by atomic mass is 10.1. The molecule has 3 nitrogen and oxygen atoms in total. The van der Waals surface area contributed by atoms with Crippen molar-refractivity contribution in [1.29, 1.82) is 0 Å². The summed E-state index contributed by atoms with van der Waals surface area (Å²) in [5.41, 5.74) is 2.17. The minimum Gasteiger partial charge on any atom is -0.330 e. The van der Waals surface area contributed by atoms with Gasteiger partial charge in [0.15, 0.2) is 0 Å². The third-order valence-corrected chi connectivity index (χ3v) is 3.62. The second kappa shape index (κ2) is 5.13. The van der Waals surface area contributed by atoms with E-state index in [0.29, 0.717) is 6.04 Å². The summed E-state index contributed by atoms with van der Waals surface area (Å²) >= 11 is 0. The van der Waals surface area contributed by atoms with E-state index in [1.54, 1.807) is 12.1 Å². The molecule has 1 heterocycles. The van der Waals surface area contributed by atoms with Crippen LogP contribution in [0.5, 0.6) is 0 Å². The maximum absolute atomic E-state index is 13.2. The van der Waals surface area contributed by atoms with E-state index in [0.717, 1.165) is 12.1 Å². The number of halogens is 1. The first-order chi connectivity index (χ1) is 9.24. The number of nitrogens with one attached hydrogen (secondary N) is 1. The van der Waals surface area contributed by atoms with Crippen molar-refractivity contribution in [3.05, 3.63) is 53.9 Å². The van der Waals surface area contributed by atoms with Gasteiger partial charge in [0.1, 0.15) is 5.82 Å². The van der Waals surface area contributed by atoms with Crippen LogP contribution in [0.2, 0.25) is 0 Å². The molecule has 1 aliphatic rings. The molecular weight excluding hydrogens is 241 g/mol. The Labute approximate surface area is 112 Å². The lowest BCUT2D eigenvalue weighted by molar-refractivity contribution is 0.542. The van der Waals surface area contributed by atoms with Gasteiger partial charge in [0, 0.05) is 24.8 Å². The molecule has 0 unspecified atom stereocenters. The van der Waals surface area contributed by atoms with Crippen LogP contribution >= 0.6 is 0 Å². The minimum absolute atomic E-state index is 0.123. The molecule has 0 aliphatic heterocycles. The largest absolute Gasteiger partial charge is 0.330 e. The highest BCUT2D eigenvalue weighted by molar-refractivity contribution is 5.19. The standard InChI is InChI=1S/C15H18FN3/c1-11(12-3-2-4-13(16)7-12)18-9-15-8-17-10-19(15)14-5-6-14/h2-4,7-8,10-11,14,18H,5-6,9H2,1H3/t11-/m0/s1. The first-order valence-electron chi connectivity index (χ1n) is 6.73. The minimum atomic E-state index is -0.186. The summed E-state index contributed by atoms with van der Waals surface area (Å²) < 4.78 is 15.4. The summed E-state index contributed by atoms with van der Waals surface area (Å²) in [6, 6.07) is 7.51. The zero-order valence-corrected chi connectivity index (χ0v) is 11.0. The molecule has 3 rings (SSSR count). The van der Waals surface area contributed by atoms with Gasteiger partial charge >= 0.3 is 0 Å². The summed E-state index contributed by atoms with van der Waals surface area (Å²) in [4.78, 5) is 4.21. The van der Waals surface area contributed by atoms with E-state index >= 15 is 0 Å². The number of benzene rings is 1. The molecule has 1 aromatic heterocycles. The molecule has 19 heavy (non-hydrogen) atoms. The molecule has 1 atom stereocenters. The monoisotopic (exact) mass is 259 g/mol. The molecule has 0 saturated heterocycles. The van der Waals surface area contributed by atoms with E-state index in [9.17, 15) is 4.39 Å². The van der Waals surface area contributed by atoms with Crippen LogP contribution in [-0.2, 0) is 6.54 Å². The predicted octanol–water partition coefficient (Wildman–Crippen LogP) is 3.21. The van der Waals surface area contributed by atoms with Gasteiger partial charge in [-0.3, -0.25) is 0 Å². The third kappa shape index (κ3) is 2.84. The van der Waals surface area contributed by atoms with Crippen molar-refractivity contribution in [2.75, 3.05) is 0 Å².